The Morgan fingerprint density at radius 3 is 2.76 bits per heavy atom. The van der Waals surface area contributed by atoms with Crippen LogP contribution in [0, 0.1) is 17.0 Å². The van der Waals surface area contributed by atoms with Crippen LogP contribution in [-0.4, -0.2) is 21.9 Å². The average molecular weight is 377 g/mol. The van der Waals surface area contributed by atoms with Gasteiger partial charge < -0.3 is 5.32 Å². The Labute approximate surface area is 154 Å². The summed E-state index contributed by atoms with van der Waals surface area (Å²) < 4.78 is 0.750. The number of hydrogen-bond acceptors (Lipinski definition) is 6. The van der Waals surface area contributed by atoms with Gasteiger partial charge in [0.15, 0.2) is 4.34 Å². The maximum absolute atomic E-state index is 12.4. The zero-order valence-corrected chi connectivity index (χ0v) is 15.5. The molecule has 1 heterocycles. The van der Waals surface area contributed by atoms with E-state index in [2.05, 4.69) is 10.3 Å². The molecule has 0 spiro atoms. The summed E-state index contributed by atoms with van der Waals surface area (Å²) in [6.45, 7) is 1.88. The SMILES string of the molecule is Cc1csc(Sc2ccc(C(=O)NC3CCCCC3)cc2[N+](=O)[O-])n1. The van der Waals surface area contributed by atoms with Crippen molar-refractivity contribution < 1.29 is 9.72 Å². The van der Waals surface area contributed by atoms with E-state index < -0.39 is 4.92 Å². The largest absolute Gasteiger partial charge is 0.349 e. The fourth-order valence-electron chi connectivity index (χ4n) is 2.88. The van der Waals surface area contributed by atoms with Crippen LogP contribution in [0.25, 0.3) is 0 Å². The summed E-state index contributed by atoms with van der Waals surface area (Å²) in [4.78, 5) is 28.2. The van der Waals surface area contributed by atoms with E-state index in [1.54, 1.807) is 12.1 Å². The molecule has 6 nitrogen and oxygen atoms in total. The van der Waals surface area contributed by atoms with Gasteiger partial charge in [0.1, 0.15) is 0 Å². The van der Waals surface area contributed by atoms with E-state index in [1.165, 1.54) is 35.6 Å². The minimum absolute atomic E-state index is 0.0610. The maximum atomic E-state index is 12.4. The highest BCUT2D eigenvalue weighted by Gasteiger charge is 2.21. The third-order valence-corrected chi connectivity index (χ3v) is 6.28. The number of benzene rings is 1. The first-order valence-electron chi connectivity index (χ1n) is 8.22. The first-order valence-corrected chi connectivity index (χ1v) is 9.92. The van der Waals surface area contributed by atoms with Crippen molar-refractivity contribution in [2.24, 2.45) is 0 Å². The highest BCUT2D eigenvalue weighted by molar-refractivity contribution is 8.01. The second-order valence-electron chi connectivity index (χ2n) is 6.10. The molecule has 0 saturated heterocycles. The minimum Gasteiger partial charge on any atom is -0.349 e. The first-order chi connectivity index (χ1) is 12.0. The van der Waals surface area contributed by atoms with Gasteiger partial charge in [-0.3, -0.25) is 14.9 Å². The highest BCUT2D eigenvalue weighted by atomic mass is 32.2. The smallest absolute Gasteiger partial charge is 0.284 e. The minimum atomic E-state index is -0.444. The Hall–Kier alpha value is -1.93. The van der Waals surface area contributed by atoms with Gasteiger partial charge in [-0.2, -0.15) is 0 Å². The van der Waals surface area contributed by atoms with Gasteiger partial charge in [-0.05, 0) is 31.9 Å². The van der Waals surface area contributed by atoms with E-state index in [0.29, 0.717) is 10.5 Å². The predicted molar refractivity (Wildman–Crippen MR) is 98.4 cm³/mol. The van der Waals surface area contributed by atoms with E-state index in [0.717, 1.165) is 35.7 Å². The molecular formula is C17H19N3O3S2. The molecule has 0 bridgehead atoms. The third-order valence-electron chi connectivity index (χ3n) is 4.15. The van der Waals surface area contributed by atoms with Crippen LogP contribution in [0.1, 0.15) is 48.2 Å². The highest BCUT2D eigenvalue weighted by Crippen LogP contribution is 2.36. The summed E-state index contributed by atoms with van der Waals surface area (Å²) in [6, 6.07) is 4.82. The number of rotatable bonds is 5. The van der Waals surface area contributed by atoms with Gasteiger partial charge >= 0.3 is 0 Å². The number of nitro benzene ring substituents is 1. The maximum Gasteiger partial charge on any atom is 0.284 e. The molecule has 1 N–H and O–H groups in total. The van der Waals surface area contributed by atoms with Crippen molar-refractivity contribution >= 4 is 34.7 Å². The Bertz CT molecular complexity index is 785. The van der Waals surface area contributed by atoms with Gasteiger partial charge in [0, 0.05) is 28.7 Å². The van der Waals surface area contributed by atoms with Crippen LogP contribution in [0.2, 0.25) is 0 Å². The number of aromatic nitrogens is 1. The van der Waals surface area contributed by atoms with Gasteiger partial charge in [-0.1, -0.05) is 31.0 Å². The summed E-state index contributed by atoms with van der Waals surface area (Å²) >= 11 is 2.70. The fourth-order valence-corrected chi connectivity index (χ4v) is 4.76. The van der Waals surface area contributed by atoms with E-state index in [4.69, 9.17) is 0 Å². The Balaban J connectivity index is 1.78. The number of nitro groups is 1. The van der Waals surface area contributed by atoms with E-state index >= 15 is 0 Å². The summed E-state index contributed by atoms with van der Waals surface area (Å²) in [5.41, 5.74) is 1.16. The summed E-state index contributed by atoms with van der Waals surface area (Å²) in [5.74, 6) is -0.239. The molecule has 0 unspecified atom stereocenters. The first kappa shape index (κ1) is 17.9. The van der Waals surface area contributed by atoms with Gasteiger partial charge in [0.25, 0.3) is 11.6 Å². The Kier molecular flexibility index (Phi) is 5.70. The van der Waals surface area contributed by atoms with Gasteiger partial charge in [-0.15, -0.1) is 11.3 Å². The third kappa shape index (κ3) is 4.58. The van der Waals surface area contributed by atoms with Crippen molar-refractivity contribution in [3.8, 4) is 0 Å². The molecule has 1 aliphatic carbocycles. The topological polar surface area (TPSA) is 85.1 Å². The fraction of sp³-hybridized carbons (Fsp3) is 0.412. The monoisotopic (exact) mass is 377 g/mol. The van der Waals surface area contributed by atoms with Crippen molar-refractivity contribution in [2.45, 2.75) is 54.3 Å². The van der Waals surface area contributed by atoms with Gasteiger partial charge in [0.05, 0.1) is 9.82 Å². The lowest BCUT2D eigenvalue weighted by atomic mass is 9.95. The number of nitrogens with one attached hydrogen (secondary N) is 1. The van der Waals surface area contributed by atoms with Crippen LogP contribution in [0.4, 0.5) is 5.69 Å². The van der Waals surface area contributed by atoms with E-state index in [9.17, 15) is 14.9 Å². The normalized spacial score (nSPS) is 15.1. The molecule has 1 amide bonds. The van der Waals surface area contributed by atoms with Crippen LogP contribution in [0.15, 0.2) is 32.8 Å². The quantitative estimate of drug-likeness (QED) is 0.609. The van der Waals surface area contributed by atoms with Gasteiger partial charge in [-0.25, -0.2) is 4.98 Å². The Morgan fingerprint density at radius 2 is 2.12 bits per heavy atom. The molecule has 1 aromatic carbocycles. The molecule has 1 fully saturated rings. The number of aryl methyl sites for hydroxylation is 1. The molecule has 1 saturated carbocycles. The number of amides is 1. The molecule has 25 heavy (non-hydrogen) atoms. The van der Waals surface area contributed by atoms with Crippen molar-refractivity contribution in [3.63, 3.8) is 0 Å². The summed E-state index contributed by atoms with van der Waals surface area (Å²) in [7, 11) is 0. The molecule has 3 rings (SSSR count). The van der Waals surface area contributed by atoms with Crippen LogP contribution in [-0.2, 0) is 0 Å². The number of carbonyl (C=O) groups is 1. The number of thiazole rings is 1. The molecule has 0 aliphatic heterocycles. The second kappa shape index (κ2) is 7.97. The molecule has 1 aliphatic rings. The molecule has 8 heteroatoms. The predicted octanol–water partition coefficient (Wildman–Crippen LogP) is 4.57. The molecule has 0 atom stereocenters. The van der Waals surface area contributed by atoms with Crippen molar-refractivity contribution in [1.29, 1.82) is 0 Å². The molecular weight excluding hydrogens is 358 g/mol. The number of nitrogens with zero attached hydrogens (tertiary/aromatic N) is 2. The number of carbonyl (C=O) groups excluding carboxylic acids is 1. The Morgan fingerprint density at radius 1 is 1.36 bits per heavy atom. The lowest BCUT2D eigenvalue weighted by molar-refractivity contribution is -0.387. The molecule has 132 valence electrons. The van der Waals surface area contributed by atoms with Crippen molar-refractivity contribution in [2.75, 3.05) is 0 Å². The number of hydrogen-bond donors (Lipinski definition) is 1. The summed E-state index contributed by atoms with van der Waals surface area (Å²) in [6.07, 6.45) is 5.40. The second-order valence-corrected chi connectivity index (χ2v) is 8.25. The van der Waals surface area contributed by atoms with Crippen LogP contribution >= 0.6 is 23.1 Å². The van der Waals surface area contributed by atoms with E-state index in [-0.39, 0.29) is 17.6 Å². The summed E-state index contributed by atoms with van der Waals surface area (Å²) in [5, 5.41) is 16.3. The van der Waals surface area contributed by atoms with Crippen LogP contribution in [0.3, 0.4) is 0 Å². The van der Waals surface area contributed by atoms with Crippen molar-refractivity contribution in [1.82, 2.24) is 10.3 Å². The zero-order chi connectivity index (χ0) is 17.8. The lowest BCUT2D eigenvalue weighted by Gasteiger charge is -2.22. The zero-order valence-electron chi connectivity index (χ0n) is 13.9. The average Bonchev–Trinajstić information content (AvgIpc) is 3.00. The molecule has 2 aromatic rings. The standard InChI is InChI=1S/C17H19N3O3S2/c1-11-10-24-17(18-11)25-15-8-7-12(9-14(15)20(22)23)16(21)19-13-5-3-2-4-6-13/h7-10,13H,2-6H2,1H3,(H,19,21). The van der Waals surface area contributed by atoms with Gasteiger partial charge in [0.2, 0.25) is 0 Å². The van der Waals surface area contributed by atoms with Crippen LogP contribution < -0.4 is 5.32 Å². The van der Waals surface area contributed by atoms with Crippen molar-refractivity contribution in [3.05, 3.63) is 45.0 Å². The van der Waals surface area contributed by atoms with E-state index in [1.807, 2.05) is 12.3 Å². The lowest BCUT2D eigenvalue weighted by Crippen LogP contribution is -2.36. The van der Waals surface area contributed by atoms with Crippen LogP contribution in [0.5, 0.6) is 0 Å². The molecule has 0 radical (unpaired) electrons. The molecule has 1 aromatic heterocycles.